The van der Waals surface area contributed by atoms with E-state index in [1.807, 2.05) is 5.32 Å². The molecule has 0 fully saturated rings. The van der Waals surface area contributed by atoms with Crippen molar-refractivity contribution in [2.24, 2.45) is 0 Å². The first-order valence-electron chi connectivity index (χ1n) is 9.13. The van der Waals surface area contributed by atoms with E-state index in [9.17, 15) is 35.5 Å². The number of halogens is 7. The van der Waals surface area contributed by atoms with E-state index < -0.39 is 46.6 Å². The average Bonchev–Trinajstić information content (AvgIpc) is 3.09. The van der Waals surface area contributed by atoms with Gasteiger partial charge in [-0.05, 0) is 30.3 Å². The van der Waals surface area contributed by atoms with Gasteiger partial charge in [-0.15, -0.1) is 10.2 Å². The van der Waals surface area contributed by atoms with Crippen molar-refractivity contribution in [1.82, 2.24) is 14.9 Å². The molecule has 0 aliphatic carbocycles. The second-order valence-electron chi connectivity index (χ2n) is 6.62. The molecule has 0 aliphatic heterocycles. The Morgan fingerprint density at radius 1 is 1.03 bits per heavy atom. The molecule has 0 aliphatic rings. The molecular weight excluding hydrogens is 495 g/mol. The Morgan fingerprint density at radius 2 is 1.65 bits per heavy atom. The number of hydrogen-bond donors (Lipinski definition) is 2. The number of nitrogen functional groups attached to an aromatic ring is 1. The lowest BCUT2D eigenvalue weighted by molar-refractivity contribution is -0.143. The smallest absolute Gasteiger partial charge is 0.416 e. The van der Waals surface area contributed by atoms with Gasteiger partial charge in [-0.1, -0.05) is 23.9 Å². The molecule has 0 saturated carbocycles. The number of thioether (sulfide) groups is 1. The van der Waals surface area contributed by atoms with Crippen molar-refractivity contribution in [3.8, 4) is 5.75 Å². The molecule has 7 nitrogen and oxygen atoms in total. The number of nitrogens with zero attached hydrogens (tertiary/aromatic N) is 3. The molecule has 0 atom stereocenters. The number of anilines is 1. The number of rotatable bonds is 7. The van der Waals surface area contributed by atoms with Gasteiger partial charge in [0.15, 0.2) is 17.4 Å². The first kappa shape index (κ1) is 25.1. The van der Waals surface area contributed by atoms with Crippen LogP contribution in [-0.4, -0.2) is 26.5 Å². The summed E-state index contributed by atoms with van der Waals surface area (Å²) >= 11 is 0.718. The second-order valence-corrected chi connectivity index (χ2v) is 7.56. The Kier molecular flexibility index (Phi) is 7.24. The van der Waals surface area contributed by atoms with Crippen molar-refractivity contribution >= 4 is 23.4 Å². The van der Waals surface area contributed by atoms with Crippen LogP contribution in [0.1, 0.15) is 17.0 Å². The first-order valence-corrected chi connectivity index (χ1v) is 10.1. The number of alkyl halides is 6. The molecule has 1 heterocycles. The van der Waals surface area contributed by atoms with Crippen LogP contribution in [0.4, 0.5) is 36.4 Å². The second kappa shape index (κ2) is 9.79. The molecular formula is C19H14F7N5O2S. The van der Waals surface area contributed by atoms with Gasteiger partial charge in [0.2, 0.25) is 11.1 Å². The number of aromatic nitrogens is 3. The lowest BCUT2D eigenvalue weighted by Gasteiger charge is -2.14. The molecule has 0 bridgehead atoms. The first-order chi connectivity index (χ1) is 15.8. The summed E-state index contributed by atoms with van der Waals surface area (Å²) in [6.07, 6.45) is -10.1. The predicted octanol–water partition coefficient (Wildman–Crippen LogP) is 4.48. The molecule has 0 spiro atoms. The number of nitrogens with two attached hydrogens (primary N) is 1. The molecule has 3 rings (SSSR count). The minimum atomic E-state index is -5.05. The Labute approximate surface area is 191 Å². The Morgan fingerprint density at radius 3 is 2.24 bits per heavy atom. The summed E-state index contributed by atoms with van der Waals surface area (Å²) in [4.78, 5) is 12.1. The van der Waals surface area contributed by atoms with Crippen LogP contribution in [0.3, 0.4) is 0 Å². The van der Waals surface area contributed by atoms with E-state index in [2.05, 4.69) is 10.2 Å². The van der Waals surface area contributed by atoms with Crippen LogP contribution < -0.4 is 15.9 Å². The van der Waals surface area contributed by atoms with Crippen molar-refractivity contribution in [3.05, 3.63) is 65.2 Å². The highest BCUT2D eigenvalue weighted by Crippen LogP contribution is 2.37. The van der Waals surface area contributed by atoms with Gasteiger partial charge in [-0.25, -0.2) is 9.07 Å². The van der Waals surface area contributed by atoms with Crippen LogP contribution in [-0.2, 0) is 23.8 Å². The van der Waals surface area contributed by atoms with E-state index >= 15 is 0 Å². The quantitative estimate of drug-likeness (QED) is 0.277. The summed E-state index contributed by atoms with van der Waals surface area (Å²) in [6.45, 7) is -0.262. The highest BCUT2D eigenvalue weighted by Gasteiger charge is 2.37. The maximum atomic E-state index is 13.6. The minimum absolute atomic E-state index is 0.00214. The zero-order valence-electron chi connectivity index (χ0n) is 16.7. The van der Waals surface area contributed by atoms with Gasteiger partial charge >= 0.3 is 12.4 Å². The molecule has 0 saturated heterocycles. The number of nitrogens with one attached hydrogen (secondary N) is 1. The highest BCUT2D eigenvalue weighted by atomic mass is 32.2. The Balaban J connectivity index is 1.64. The monoisotopic (exact) mass is 509 g/mol. The number of amides is 1. The lowest BCUT2D eigenvalue weighted by Crippen LogP contribution is -2.19. The van der Waals surface area contributed by atoms with Crippen LogP contribution >= 0.6 is 11.8 Å². The van der Waals surface area contributed by atoms with Crippen molar-refractivity contribution in [1.29, 1.82) is 0 Å². The third-order valence-corrected chi connectivity index (χ3v) is 5.08. The molecule has 0 unspecified atom stereocenters. The maximum Gasteiger partial charge on any atom is 0.416 e. The normalized spacial score (nSPS) is 12.0. The SMILES string of the molecule is Nn1c(COc2ccccc2F)nnc1SCC(=O)Nc1cc(C(F)(F)F)cc(C(F)(F)F)c1. The molecule has 0 radical (unpaired) electrons. The minimum Gasteiger partial charge on any atom is -0.482 e. The summed E-state index contributed by atoms with van der Waals surface area (Å²) in [6, 6.07) is 6.31. The average molecular weight is 509 g/mol. The van der Waals surface area contributed by atoms with Crippen LogP contribution in [0.15, 0.2) is 47.6 Å². The predicted molar refractivity (Wildman–Crippen MR) is 107 cm³/mol. The molecule has 3 aromatic rings. The maximum absolute atomic E-state index is 13.6. The molecule has 1 amide bonds. The topological polar surface area (TPSA) is 95.1 Å². The van der Waals surface area contributed by atoms with E-state index in [0.717, 1.165) is 16.4 Å². The Hall–Kier alpha value is -3.49. The molecule has 34 heavy (non-hydrogen) atoms. The fourth-order valence-electron chi connectivity index (χ4n) is 2.56. The number of carbonyl (C=O) groups is 1. The molecule has 15 heteroatoms. The molecule has 1 aromatic heterocycles. The number of ether oxygens (including phenoxy) is 1. The van der Waals surface area contributed by atoms with Gasteiger partial charge < -0.3 is 15.9 Å². The van der Waals surface area contributed by atoms with Gasteiger partial charge in [0.25, 0.3) is 0 Å². The third-order valence-electron chi connectivity index (χ3n) is 4.13. The van der Waals surface area contributed by atoms with Crippen molar-refractivity contribution in [2.75, 3.05) is 16.9 Å². The zero-order valence-corrected chi connectivity index (χ0v) is 17.6. The van der Waals surface area contributed by atoms with E-state index in [0.29, 0.717) is 12.1 Å². The third kappa shape index (κ3) is 6.30. The summed E-state index contributed by atoms with van der Waals surface area (Å²) in [5, 5.41) is 9.45. The number of benzene rings is 2. The van der Waals surface area contributed by atoms with E-state index in [1.165, 1.54) is 18.2 Å². The number of carbonyl (C=O) groups excluding carboxylic acids is 1. The number of hydrogen-bond acceptors (Lipinski definition) is 6. The van der Waals surface area contributed by atoms with Crippen LogP contribution in [0.2, 0.25) is 0 Å². The van der Waals surface area contributed by atoms with E-state index in [-0.39, 0.29) is 29.4 Å². The van der Waals surface area contributed by atoms with Gasteiger partial charge in [0.1, 0.15) is 6.61 Å². The summed E-state index contributed by atoms with van der Waals surface area (Å²) in [7, 11) is 0. The largest absolute Gasteiger partial charge is 0.482 e. The summed E-state index contributed by atoms with van der Waals surface area (Å²) < 4.78 is 97.4. The van der Waals surface area contributed by atoms with Crippen LogP contribution in [0, 0.1) is 5.82 Å². The van der Waals surface area contributed by atoms with E-state index in [1.54, 1.807) is 6.07 Å². The fraction of sp³-hybridized carbons (Fsp3) is 0.211. The fourth-order valence-corrected chi connectivity index (χ4v) is 3.24. The molecule has 2 aromatic carbocycles. The standard InChI is InChI=1S/C19H14F7N5O2S/c20-13-3-1-2-4-14(13)33-8-15-29-30-17(31(15)27)34-9-16(32)28-12-6-10(18(21,22)23)5-11(7-12)19(24,25)26/h1-7H,8-9,27H2,(H,28,32). The van der Waals surface area contributed by atoms with Crippen LogP contribution in [0.5, 0.6) is 5.75 Å². The van der Waals surface area contributed by atoms with Gasteiger partial charge in [0, 0.05) is 5.69 Å². The van der Waals surface area contributed by atoms with Crippen molar-refractivity contribution in [2.45, 2.75) is 24.1 Å². The lowest BCUT2D eigenvalue weighted by atomic mass is 10.1. The van der Waals surface area contributed by atoms with E-state index in [4.69, 9.17) is 10.6 Å². The molecule has 182 valence electrons. The van der Waals surface area contributed by atoms with Gasteiger partial charge in [0.05, 0.1) is 16.9 Å². The Bertz CT molecular complexity index is 1150. The highest BCUT2D eigenvalue weighted by molar-refractivity contribution is 7.99. The molecule has 3 N–H and O–H groups in total. The van der Waals surface area contributed by atoms with Crippen LogP contribution in [0.25, 0.3) is 0 Å². The zero-order chi connectivity index (χ0) is 25.1. The van der Waals surface area contributed by atoms with Crippen molar-refractivity contribution in [3.63, 3.8) is 0 Å². The van der Waals surface area contributed by atoms with Gasteiger partial charge in [-0.3, -0.25) is 4.79 Å². The summed E-state index contributed by atoms with van der Waals surface area (Å²) in [5.41, 5.74) is -3.81. The van der Waals surface area contributed by atoms with Crippen molar-refractivity contribution < 1.29 is 40.3 Å². The van der Waals surface area contributed by atoms with Gasteiger partial charge in [-0.2, -0.15) is 26.3 Å². The summed E-state index contributed by atoms with van der Waals surface area (Å²) in [5.74, 6) is 3.83. The number of para-hydroxylation sites is 1.